The molecule has 0 saturated heterocycles. The fourth-order valence-corrected chi connectivity index (χ4v) is 2.23. The molecule has 0 aliphatic rings. The maximum Gasteiger partial charge on any atom is 0.305 e. The molecular formula is C19H32O3. The summed E-state index contributed by atoms with van der Waals surface area (Å²) in [4.78, 5) is 22.4. The fraction of sp³-hybridized carbons (Fsp3) is 0.789. The molecule has 0 fully saturated rings. The lowest BCUT2D eigenvalue weighted by molar-refractivity contribution is -0.140. The molecule has 0 saturated carbocycles. The molecule has 22 heavy (non-hydrogen) atoms. The Morgan fingerprint density at radius 3 is 2.09 bits per heavy atom. The molecular weight excluding hydrogens is 276 g/mol. The van der Waals surface area contributed by atoms with Crippen LogP contribution in [0.5, 0.6) is 0 Å². The Hall–Kier alpha value is -1.30. The van der Waals surface area contributed by atoms with E-state index >= 15 is 0 Å². The van der Waals surface area contributed by atoms with Crippen molar-refractivity contribution >= 4 is 11.8 Å². The van der Waals surface area contributed by atoms with Crippen LogP contribution in [0.3, 0.4) is 0 Å². The molecule has 0 bridgehead atoms. The SMILES string of the molecule is CCCCCCC(=O)C#CCCCCCCCCC(=O)OC. The molecule has 0 amide bonds. The lowest BCUT2D eigenvalue weighted by Crippen LogP contribution is -1.99. The Labute approximate surface area is 136 Å². The molecule has 0 heterocycles. The van der Waals surface area contributed by atoms with Crippen LogP contribution in [0.1, 0.15) is 90.4 Å². The first-order chi connectivity index (χ1) is 10.7. The van der Waals surface area contributed by atoms with Crippen LogP contribution >= 0.6 is 0 Å². The van der Waals surface area contributed by atoms with Gasteiger partial charge in [0.05, 0.1) is 7.11 Å². The summed E-state index contributed by atoms with van der Waals surface area (Å²) in [5, 5.41) is 0. The molecule has 0 aliphatic heterocycles. The van der Waals surface area contributed by atoms with Crippen LogP contribution in [0.25, 0.3) is 0 Å². The molecule has 0 aromatic rings. The van der Waals surface area contributed by atoms with E-state index < -0.39 is 0 Å². The number of esters is 1. The van der Waals surface area contributed by atoms with E-state index in [0.717, 1.165) is 51.4 Å². The van der Waals surface area contributed by atoms with Crippen molar-refractivity contribution in [3.05, 3.63) is 0 Å². The Balaban J connectivity index is 3.33. The highest BCUT2D eigenvalue weighted by atomic mass is 16.5. The average molecular weight is 308 g/mol. The van der Waals surface area contributed by atoms with Gasteiger partial charge in [-0.15, -0.1) is 0 Å². The number of ether oxygens (including phenoxy) is 1. The third-order valence-electron chi connectivity index (χ3n) is 3.65. The van der Waals surface area contributed by atoms with Gasteiger partial charge in [-0.2, -0.15) is 0 Å². The minimum atomic E-state index is -0.116. The predicted molar refractivity (Wildman–Crippen MR) is 90.5 cm³/mol. The molecule has 0 radical (unpaired) electrons. The van der Waals surface area contributed by atoms with Crippen LogP contribution in [-0.2, 0) is 14.3 Å². The van der Waals surface area contributed by atoms with Crippen molar-refractivity contribution in [2.75, 3.05) is 7.11 Å². The standard InChI is InChI=1S/C19H32O3/c1-3-4-5-12-15-18(20)16-13-10-8-6-7-9-11-14-17-19(21)22-2/h3-12,14-15,17H2,1-2H3. The van der Waals surface area contributed by atoms with E-state index in [1.807, 2.05) is 0 Å². The molecule has 3 nitrogen and oxygen atoms in total. The molecule has 0 spiro atoms. The van der Waals surface area contributed by atoms with E-state index in [-0.39, 0.29) is 11.8 Å². The molecule has 0 unspecified atom stereocenters. The number of rotatable bonds is 13. The zero-order chi connectivity index (χ0) is 16.5. The number of Topliss-reactive ketones (excluding diaryl/α,β-unsaturated/α-hetero) is 1. The third-order valence-corrected chi connectivity index (χ3v) is 3.65. The number of hydrogen-bond acceptors (Lipinski definition) is 3. The number of hydrogen-bond donors (Lipinski definition) is 0. The number of methoxy groups -OCH3 is 1. The normalized spacial score (nSPS) is 9.91. The third kappa shape index (κ3) is 15.1. The average Bonchev–Trinajstić information content (AvgIpc) is 2.53. The number of ketones is 1. The molecule has 0 aromatic carbocycles. The number of unbranched alkanes of at least 4 members (excludes halogenated alkanes) is 9. The number of carbonyl (C=O) groups is 2. The molecule has 0 aliphatic carbocycles. The van der Waals surface area contributed by atoms with E-state index in [1.165, 1.54) is 26.4 Å². The van der Waals surface area contributed by atoms with Crippen molar-refractivity contribution in [2.24, 2.45) is 0 Å². The minimum Gasteiger partial charge on any atom is -0.469 e. The molecule has 3 heteroatoms. The zero-order valence-electron chi connectivity index (χ0n) is 14.4. The quantitative estimate of drug-likeness (QED) is 0.212. The van der Waals surface area contributed by atoms with Crippen LogP contribution in [0.2, 0.25) is 0 Å². The Bertz CT molecular complexity index is 349. The van der Waals surface area contributed by atoms with Gasteiger partial charge in [-0.3, -0.25) is 9.59 Å². The predicted octanol–water partition coefficient (Wildman–Crippen LogP) is 4.82. The maximum absolute atomic E-state index is 11.5. The van der Waals surface area contributed by atoms with Crippen LogP contribution in [0.4, 0.5) is 0 Å². The summed E-state index contributed by atoms with van der Waals surface area (Å²) in [5.41, 5.74) is 0. The second kappa shape index (κ2) is 16.1. The summed E-state index contributed by atoms with van der Waals surface area (Å²) in [5.74, 6) is 5.72. The summed E-state index contributed by atoms with van der Waals surface area (Å²) < 4.78 is 4.60. The van der Waals surface area contributed by atoms with Gasteiger partial charge >= 0.3 is 5.97 Å². The van der Waals surface area contributed by atoms with E-state index in [2.05, 4.69) is 23.5 Å². The largest absolute Gasteiger partial charge is 0.469 e. The van der Waals surface area contributed by atoms with E-state index in [0.29, 0.717) is 12.8 Å². The van der Waals surface area contributed by atoms with Crippen LogP contribution in [0.15, 0.2) is 0 Å². The summed E-state index contributed by atoms with van der Waals surface area (Å²) >= 11 is 0. The second-order valence-electron chi connectivity index (χ2n) is 5.73. The fourth-order valence-electron chi connectivity index (χ4n) is 2.23. The minimum absolute atomic E-state index is 0.0962. The van der Waals surface area contributed by atoms with Gasteiger partial charge < -0.3 is 4.74 Å². The van der Waals surface area contributed by atoms with Gasteiger partial charge in [-0.1, -0.05) is 57.8 Å². The molecule has 0 atom stereocenters. The highest BCUT2D eigenvalue weighted by Gasteiger charge is 1.99. The highest BCUT2D eigenvalue weighted by Crippen LogP contribution is 2.08. The van der Waals surface area contributed by atoms with Gasteiger partial charge in [0.2, 0.25) is 5.78 Å². The maximum atomic E-state index is 11.5. The molecule has 0 rings (SSSR count). The van der Waals surface area contributed by atoms with E-state index in [9.17, 15) is 9.59 Å². The monoisotopic (exact) mass is 308 g/mol. The highest BCUT2D eigenvalue weighted by molar-refractivity contribution is 5.95. The van der Waals surface area contributed by atoms with Crippen molar-refractivity contribution in [1.82, 2.24) is 0 Å². The van der Waals surface area contributed by atoms with E-state index in [1.54, 1.807) is 0 Å². The first-order valence-electron chi connectivity index (χ1n) is 8.79. The van der Waals surface area contributed by atoms with Crippen molar-refractivity contribution in [2.45, 2.75) is 90.4 Å². The van der Waals surface area contributed by atoms with Crippen molar-refractivity contribution in [3.63, 3.8) is 0 Å². The number of carbonyl (C=O) groups excluding carboxylic acids is 2. The lowest BCUT2D eigenvalue weighted by atomic mass is 10.1. The van der Waals surface area contributed by atoms with Crippen LogP contribution in [0, 0.1) is 11.8 Å². The molecule has 126 valence electrons. The Kier molecular flexibility index (Phi) is 15.1. The van der Waals surface area contributed by atoms with Gasteiger partial charge in [-0.05, 0) is 25.2 Å². The van der Waals surface area contributed by atoms with Crippen LogP contribution < -0.4 is 0 Å². The topological polar surface area (TPSA) is 43.4 Å². The Morgan fingerprint density at radius 2 is 1.41 bits per heavy atom. The summed E-state index contributed by atoms with van der Waals surface area (Å²) in [6.07, 6.45) is 13.0. The molecule has 0 aromatic heterocycles. The summed E-state index contributed by atoms with van der Waals surface area (Å²) in [7, 11) is 1.43. The molecule has 0 N–H and O–H groups in total. The van der Waals surface area contributed by atoms with Crippen molar-refractivity contribution in [1.29, 1.82) is 0 Å². The van der Waals surface area contributed by atoms with Gasteiger partial charge in [-0.25, -0.2) is 0 Å². The van der Waals surface area contributed by atoms with Gasteiger partial charge in [0.1, 0.15) is 0 Å². The lowest BCUT2D eigenvalue weighted by Gasteiger charge is -2.00. The summed E-state index contributed by atoms with van der Waals surface area (Å²) in [6, 6.07) is 0. The van der Waals surface area contributed by atoms with Crippen molar-refractivity contribution in [3.8, 4) is 11.8 Å². The first kappa shape index (κ1) is 20.7. The van der Waals surface area contributed by atoms with Gasteiger partial charge in [0, 0.05) is 19.3 Å². The van der Waals surface area contributed by atoms with E-state index in [4.69, 9.17) is 0 Å². The zero-order valence-corrected chi connectivity index (χ0v) is 14.4. The smallest absolute Gasteiger partial charge is 0.305 e. The van der Waals surface area contributed by atoms with Crippen LogP contribution in [-0.4, -0.2) is 18.9 Å². The Morgan fingerprint density at radius 1 is 0.818 bits per heavy atom. The second-order valence-corrected chi connectivity index (χ2v) is 5.73. The first-order valence-corrected chi connectivity index (χ1v) is 8.79. The van der Waals surface area contributed by atoms with Gasteiger partial charge in [0.25, 0.3) is 0 Å². The summed E-state index contributed by atoms with van der Waals surface area (Å²) in [6.45, 7) is 2.17. The van der Waals surface area contributed by atoms with Gasteiger partial charge in [0.15, 0.2) is 0 Å². The van der Waals surface area contributed by atoms with Crippen molar-refractivity contribution < 1.29 is 14.3 Å².